The first-order valence-corrected chi connectivity index (χ1v) is 5.72. The van der Waals surface area contributed by atoms with Crippen molar-refractivity contribution < 1.29 is 4.39 Å². The summed E-state index contributed by atoms with van der Waals surface area (Å²) >= 11 is 0. The Hall–Kier alpha value is -1.19. The number of piperidine rings is 1. The maximum atomic E-state index is 12.7. The molecule has 16 heavy (non-hydrogen) atoms. The topological polar surface area (TPSA) is 24.1 Å². The molecule has 1 heterocycles. The van der Waals surface area contributed by atoms with Crippen molar-refractivity contribution in [2.45, 2.75) is 12.6 Å². The number of benzene rings is 1. The molecule has 2 aliphatic rings. The van der Waals surface area contributed by atoms with E-state index in [0.717, 1.165) is 25.2 Å². The van der Waals surface area contributed by atoms with Crippen molar-refractivity contribution >= 4 is 0 Å². The molecule has 84 valence electrons. The van der Waals surface area contributed by atoms with Crippen molar-refractivity contribution in [1.82, 2.24) is 10.6 Å². The molecule has 0 unspecified atom stereocenters. The van der Waals surface area contributed by atoms with E-state index in [4.69, 9.17) is 0 Å². The molecule has 3 heteroatoms. The molecule has 0 spiro atoms. The summed E-state index contributed by atoms with van der Waals surface area (Å²) in [6.07, 6.45) is 2.35. The fourth-order valence-electron chi connectivity index (χ4n) is 2.47. The predicted molar refractivity (Wildman–Crippen MR) is 61.5 cm³/mol. The molecule has 0 saturated heterocycles. The molecule has 0 aromatic heterocycles. The predicted octanol–water partition coefficient (Wildman–Crippen LogP) is 1.44. The second-order valence-electron chi connectivity index (χ2n) is 4.52. The summed E-state index contributed by atoms with van der Waals surface area (Å²) in [5, 5.41) is 6.89. The number of hydrogen-bond acceptors (Lipinski definition) is 2. The summed E-state index contributed by atoms with van der Waals surface area (Å²) in [4.78, 5) is 0. The first kappa shape index (κ1) is 10.00. The lowest BCUT2D eigenvalue weighted by Gasteiger charge is -2.42. The smallest absolute Gasteiger partial charge is 0.123 e. The molecular formula is C13H15FN2. The first-order chi connectivity index (χ1) is 7.83. The SMILES string of the molecule is Fc1ccc(CN[C@H]2C3=C[C@H]2CNC3)cc1. The third kappa shape index (κ3) is 1.77. The lowest BCUT2D eigenvalue weighted by Crippen LogP contribution is -2.54. The van der Waals surface area contributed by atoms with E-state index in [2.05, 4.69) is 16.7 Å². The maximum Gasteiger partial charge on any atom is 0.123 e. The van der Waals surface area contributed by atoms with Crippen LogP contribution in [-0.4, -0.2) is 19.1 Å². The third-order valence-corrected chi connectivity index (χ3v) is 3.40. The van der Waals surface area contributed by atoms with Gasteiger partial charge < -0.3 is 10.6 Å². The monoisotopic (exact) mass is 218 g/mol. The standard InChI is InChI=1S/C13H15FN2/c14-12-3-1-9(2-4-12)6-16-13-10-5-11(13)8-15-7-10/h1-5,10,13,15-16H,6-8H2/t10-,13+/m0/s1. The van der Waals surface area contributed by atoms with Crippen LogP contribution in [0, 0.1) is 11.7 Å². The van der Waals surface area contributed by atoms with Gasteiger partial charge in [-0.3, -0.25) is 0 Å². The summed E-state index contributed by atoms with van der Waals surface area (Å²) in [5.41, 5.74) is 2.61. The zero-order valence-corrected chi connectivity index (χ0v) is 9.04. The highest BCUT2D eigenvalue weighted by molar-refractivity contribution is 5.31. The van der Waals surface area contributed by atoms with Crippen LogP contribution in [0.3, 0.4) is 0 Å². The van der Waals surface area contributed by atoms with Gasteiger partial charge in [-0.2, -0.15) is 0 Å². The van der Waals surface area contributed by atoms with Gasteiger partial charge in [-0.15, -0.1) is 0 Å². The second kappa shape index (κ2) is 4.00. The number of nitrogens with one attached hydrogen (secondary N) is 2. The van der Waals surface area contributed by atoms with E-state index in [0.29, 0.717) is 12.0 Å². The molecule has 1 aliphatic carbocycles. The molecule has 2 bridgehead atoms. The number of rotatable bonds is 3. The molecule has 2 atom stereocenters. The zero-order valence-electron chi connectivity index (χ0n) is 9.04. The average molecular weight is 218 g/mol. The Labute approximate surface area is 94.5 Å². The number of hydrogen-bond donors (Lipinski definition) is 2. The summed E-state index contributed by atoms with van der Waals surface area (Å²) in [5.74, 6) is 0.473. The fraction of sp³-hybridized carbons (Fsp3) is 0.385. The van der Waals surface area contributed by atoms with Gasteiger partial charge in [0.1, 0.15) is 5.82 Å². The van der Waals surface area contributed by atoms with E-state index in [1.54, 1.807) is 0 Å². The summed E-state index contributed by atoms with van der Waals surface area (Å²) < 4.78 is 12.7. The molecule has 1 aromatic rings. The molecule has 2 nitrogen and oxygen atoms in total. The van der Waals surface area contributed by atoms with Crippen molar-refractivity contribution in [3.05, 3.63) is 47.3 Å². The van der Waals surface area contributed by atoms with Crippen LogP contribution < -0.4 is 10.6 Å². The largest absolute Gasteiger partial charge is 0.312 e. The van der Waals surface area contributed by atoms with Crippen LogP contribution in [-0.2, 0) is 6.54 Å². The lowest BCUT2D eigenvalue weighted by molar-refractivity contribution is 0.340. The highest BCUT2D eigenvalue weighted by Gasteiger charge is 2.34. The highest BCUT2D eigenvalue weighted by Crippen LogP contribution is 2.29. The fourth-order valence-corrected chi connectivity index (χ4v) is 2.47. The van der Waals surface area contributed by atoms with E-state index in [1.807, 2.05) is 12.1 Å². The van der Waals surface area contributed by atoms with Gasteiger partial charge >= 0.3 is 0 Å². The molecule has 0 saturated carbocycles. The van der Waals surface area contributed by atoms with E-state index >= 15 is 0 Å². The van der Waals surface area contributed by atoms with E-state index < -0.39 is 0 Å². The molecule has 1 aliphatic heterocycles. The molecule has 0 amide bonds. The van der Waals surface area contributed by atoms with Crippen molar-refractivity contribution in [3.63, 3.8) is 0 Å². The highest BCUT2D eigenvalue weighted by atomic mass is 19.1. The first-order valence-electron chi connectivity index (χ1n) is 5.72. The van der Waals surface area contributed by atoms with E-state index in [1.165, 1.54) is 17.7 Å². The maximum absolute atomic E-state index is 12.7. The van der Waals surface area contributed by atoms with Gasteiger partial charge in [-0.05, 0) is 23.3 Å². The lowest BCUT2D eigenvalue weighted by atomic mass is 9.77. The molecule has 1 aromatic carbocycles. The average Bonchev–Trinajstić information content (AvgIpc) is 2.32. The normalized spacial score (nSPS) is 27.2. The Morgan fingerprint density at radius 2 is 2.12 bits per heavy atom. The van der Waals surface area contributed by atoms with Crippen LogP contribution in [0.1, 0.15) is 5.56 Å². The van der Waals surface area contributed by atoms with Crippen LogP contribution in [0.15, 0.2) is 35.9 Å². The van der Waals surface area contributed by atoms with Crippen LogP contribution in [0.5, 0.6) is 0 Å². The number of fused-ring (bicyclic) bond motifs is 1. The van der Waals surface area contributed by atoms with Gasteiger partial charge in [-0.1, -0.05) is 18.2 Å². The van der Waals surface area contributed by atoms with Gasteiger partial charge in [0.15, 0.2) is 0 Å². The molecule has 0 fully saturated rings. The Bertz CT molecular complexity index is 410. The van der Waals surface area contributed by atoms with Gasteiger partial charge in [0.2, 0.25) is 0 Å². The Morgan fingerprint density at radius 1 is 1.31 bits per heavy atom. The number of halogens is 1. The molecule has 0 radical (unpaired) electrons. The van der Waals surface area contributed by atoms with Crippen LogP contribution in [0.2, 0.25) is 0 Å². The molecule has 2 N–H and O–H groups in total. The summed E-state index contributed by atoms with van der Waals surface area (Å²) in [7, 11) is 0. The van der Waals surface area contributed by atoms with Crippen molar-refractivity contribution in [2.24, 2.45) is 5.92 Å². The van der Waals surface area contributed by atoms with Gasteiger partial charge in [0.25, 0.3) is 0 Å². The van der Waals surface area contributed by atoms with Gasteiger partial charge in [0, 0.05) is 31.6 Å². The Balaban J connectivity index is 1.58. The van der Waals surface area contributed by atoms with Gasteiger partial charge in [0.05, 0.1) is 0 Å². The molecular weight excluding hydrogens is 203 g/mol. The minimum Gasteiger partial charge on any atom is -0.312 e. The van der Waals surface area contributed by atoms with Crippen LogP contribution >= 0.6 is 0 Å². The van der Waals surface area contributed by atoms with Gasteiger partial charge in [-0.25, -0.2) is 4.39 Å². The second-order valence-corrected chi connectivity index (χ2v) is 4.52. The van der Waals surface area contributed by atoms with Crippen molar-refractivity contribution in [3.8, 4) is 0 Å². The summed E-state index contributed by atoms with van der Waals surface area (Å²) in [6, 6.07) is 7.23. The third-order valence-electron chi connectivity index (χ3n) is 3.40. The summed E-state index contributed by atoms with van der Waals surface area (Å²) in [6.45, 7) is 2.90. The zero-order chi connectivity index (χ0) is 11.0. The van der Waals surface area contributed by atoms with Crippen molar-refractivity contribution in [1.29, 1.82) is 0 Å². The van der Waals surface area contributed by atoms with Crippen LogP contribution in [0.25, 0.3) is 0 Å². The molecule has 3 rings (SSSR count). The minimum atomic E-state index is -0.170. The van der Waals surface area contributed by atoms with Crippen molar-refractivity contribution in [2.75, 3.05) is 13.1 Å². The van der Waals surface area contributed by atoms with E-state index in [-0.39, 0.29) is 5.82 Å². The Kier molecular flexibility index (Phi) is 2.50. The minimum absolute atomic E-state index is 0.170. The quantitative estimate of drug-likeness (QED) is 0.750. The van der Waals surface area contributed by atoms with Crippen LogP contribution in [0.4, 0.5) is 4.39 Å². The Morgan fingerprint density at radius 3 is 2.75 bits per heavy atom. The van der Waals surface area contributed by atoms with E-state index in [9.17, 15) is 4.39 Å².